The van der Waals surface area contributed by atoms with Crippen LogP contribution in [0.15, 0.2) is 45.6 Å². The third-order valence-electron chi connectivity index (χ3n) is 5.56. The van der Waals surface area contributed by atoms with Crippen LogP contribution in [0.5, 0.6) is 11.5 Å². The number of aromatic hydroxyl groups is 1. The van der Waals surface area contributed by atoms with Crippen LogP contribution in [0.2, 0.25) is 0 Å². The Balaban J connectivity index is 1.76. The Morgan fingerprint density at radius 2 is 2.00 bits per heavy atom. The quantitative estimate of drug-likeness (QED) is 0.429. The zero-order chi connectivity index (χ0) is 24.0. The summed E-state index contributed by atoms with van der Waals surface area (Å²) in [7, 11) is 0. The van der Waals surface area contributed by atoms with Crippen LogP contribution in [0.25, 0.3) is 11.0 Å². The van der Waals surface area contributed by atoms with E-state index in [2.05, 4.69) is 10.2 Å². The average molecular weight is 482 g/mol. The molecule has 0 saturated heterocycles. The minimum Gasteiger partial charge on any atom is -0.504 e. The fourth-order valence-corrected chi connectivity index (χ4v) is 5.05. The lowest BCUT2D eigenvalue weighted by atomic mass is 9.98. The van der Waals surface area contributed by atoms with Crippen LogP contribution < -0.4 is 15.1 Å². The molecule has 1 aliphatic heterocycles. The Hall–Kier alpha value is -3.79. The molecule has 34 heavy (non-hydrogen) atoms. The molecule has 0 radical (unpaired) electrons. The minimum absolute atomic E-state index is 0.0335. The molecule has 0 saturated carbocycles. The maximum absolute atomic E-state index is 13.9. The Kier molecular flexibility index (Phi) is 5.52. The summed E-state index contributed by atoms with van der Waals surface area (Å²) >= 11 is 1.26. The van der Waals surface area contributed by atoms with Crippen molar-refractivity contribution in [3.05, 3.63) is 74.3 Å². The van der Waals surface area contributed by atoms with Gasteiger partial charge in [0.2, 0.25) is 10.9 Å². The molecular formula is C24H20FN3O5S. The van der Waals surface area contributed by atoms with Gasteiger partial charge in [0.05, 0.1) is 23.6 Å². The van der Waals surface area contributed by atoms with Gasteiger partial charge < -0.3 is 14.3 Å². The Morgan fingerprint density at radius 1 is 1.18 bits per heavy atom. The van der Waals surface area contributed by atoms with Crippen molar-refractivity contribution in [3.8, 4) is 11.5 Å². The molecular weight excluding hydrogens is 461 g/mol. The first-order valence-corrected chi connectivity index (χ1v) is 11.6. The summed E-state index contributed by atoms with van der Waals surface area (Å²) in [6, 6.07) is 7.28. The summed E-state index contributed by atoms with van der Waals surface area (Å²) in [6.45, 7) is 4.10. The van der Waals surface area contributed by atoms with E-state index in [1.165, 1.54) is 34.4 Å². The summed E-state index contributed by atoms with van der Waals surface area (Å²) in [6.07, 6.45) is 1.56. The fourth-order valence-electron chi connectivity index (χ4n) is 4.09. The standard InChI is InChI=1S/C24H20FN3O5S/c1-3-5-18-26-27-24(34-18)28-20(12-6-8-15(29)17(10-12)32-4-2)19-21(30)14-11-13(25)7-9-16(14)33-22(19)23(28)31/h6-11,20,29H,3-5H2,1-2H3. The topological polar surface area (TPSA) is 106 Å². The summed E-state index contributed by atoms with van der Waals surface area (Å²) in [5, 5.41) is 19.7. The van der Waals surface area contributed by atoms with Crippen LogP contribution in [-0.4, -0.2) is 27.8 Å². The average Bonchev–Trinajstić information content (AvgIpc) is 3.39. The summed E-state index contributed by atoms with van der Waals surface area (Å²) < 4.78 is 25.3. The number of carbonyl (C=O) groups is 1. The van der Waals surface area contributed by atoms with Crippen molar-refractivity contribution in [1.82, 2.24) is 10.2 Å². The van der Waals surface area contributed by atoms with Gasteiger partial charge in [0, 0.05) is 6.42 Å². The van der Waals surface area contributed by atoms with E-state index in [0.29, 0.717) is 23.7 Å². The molecule has 10 heteroatoms. The van der Waals surface area contributed by atoms with Gasteiger partial charge in [-0.25, -0.2) is 4.39 Å². The first-order chi connectivity index (χ1) is 16.4. The molecule has 1 unspecified atom stereocenters. The van der Waals surface area contributed by atoms with Crippen molar-refractivity contribution in [1.29, 1.82) is 0 Å². The molecule has 5 rings (SSSR count). The maximum atomic E-state index is 13.9. The van der Waals surface area contributed by atoms with Crippen LogP contribution in [-0.2, 0) is 6.42 Å². The van der Waals surface area contributed by atoms with Gasteiger partial charge in [0.15, 0.2) is 16.9 Å². The number of hydrogen-bond acceptors (Lipinski definition) is 8. The monoisotopic (exact) mass is 481 g/mol. The highest BCUT2D eigenvalue weighted by molar-refractivity contribution is 7.15. The molecule has 0 bridgehead atoms. The van der Waals surface area contributed by atoms with E-state index < -0.39 is 23.2 Å². The van der Waals surface area contributed by atoms with Gasteiger partial charge in [0.25, 0.3) is 5.91 Å². The Morgan fingerprint density at radius 3 is 2.76 bits per heavy atom. The number of benzene rings is 2. The second-order valence-electron chi connectivity index (χ2n) is 7.78. The minimum atomic E-state index is -0.923. The molecule has 1 N–H and O–H groups in total. The zero-order valence-corrected chi connectivity index (χ0v) is 19.2. The van der Waals surface area contributed by atoms with E-state index in [1.807, 2.05) is 6.92 Å². The number of hydrogen-bond donors (Lipinski definition) is 1. The number of halogens is 1. The largest absolute Gasteiger partial charge is 0.504 e. The van der Waals surface area contributed by atoms with Gasteiger partial charge in [-0.1, -0.05) is 24.3 Å². The smallest absolute Gasteiger partial charge is 0.297 e. The number of nitrogens with zero attached hydrogens (tertiary/aromatic N) is 3. The molecule has 0 spiro atoms. The molecule has 1 amide bonds. The van der Waals surface area contributed by atoms with Gasteiger partial charge in [-0.05, 0) is 49.2 Å². The lowest BCUT2D eigenvalue weighted by molar-refractivity contribution is 0.0970. The van der Waals surface area contributed by atoms with Crippen molar-refractivity contribution in [2.24, 2.45) is 0 Å². The molecule has 1 atom stereocenters. The molecule has 2 aromatic carbocycles. The van der Waals surface area contributed by atoms with Crippen LogP contribution in [0, 0.1) is 5.82 Å². The predicted molar refractivity (Wildman–Crippen MR) is 124 cm³/mol. The first-order valence-electron chi connectivity index (χ1n) is 10.8. The summed E-state index contributed by atoms with van der Waals surface area (Å²) in [4.78, 5) is 28.5. The van der Waals surface area contributed by atoms with Crippen LogP contribution in [0.1, 0.15) is 53.0 Å². The van der Waals surface area contributed by atoms with Crippen molar-refractivity contribution >= 4 is 33.3 Å². The van der Waals surface area contributed by atoms with Crippen molar-refractivity contribution in [3.63, 3.8) is 0 Å². The number of fused-ring (bicyclic) bond motifs is 2. The normalized spacial score (nSPS) is 15.2. The van der Waals surface area contributed by atoms with E-state index >= 15 is 0 Å². The van der Waals surface area contributed by atoms with E-state index in [1.54, 1.807) is 19.1 Å². The number of amides is 1. The second kappa shape index (κ2) is 8.53. The highest BCUT2D eigenvalue weighted by Gasteiger charge is 2.45. The SMILES string of the molecule is CCCc1nnc(N2C(=O)c3oc4ccc(F)cc4c(=O)c3C2c2ccc(O)c(OCC)c2)s1. The summed E-state index contributed by atoms with van der Waals surface area (Å²) in [5.74, 6) is -1.13. The number of aryl methyl sites for hydroxylation is 1. The van der Waals surface area contributed by atoms with Crippen molar-refractivity contribution in [2.75, 3.05) is 11.5 Å². The van der Waals surface area contributed by atoms with E-state index in [9.17, 15) is 19.1 Å². The zero-order valence-electron chi connectivity index (χ0n) is 18.4. The fraction of sp³-hybridized carbons (Fsp3) is 0.250. The third kappa shape index (κ3) is 3.50. The number of phenolic OH excluding ortho intramolecular Hbond substituents is 1. The van der Waals surface area contributed by atoms with Crippen LogP contribution in [0.4, 0.5) is 9.52 Å². The number of anilines is 1. The first kappa shape index (κ1) is 22.0. The van der Waals surface area contributed by atoms with Gasteiger partial charge >= 0.3 is 0 Å². The van der Waals surface area contributed by atoms with Gasteiger partial charge in [-0.15, -0.1) is 10.2 Å². The van der Waals surface area contributed by atoms with Gasteiger partial charge in [-0.3, -0.25) is 14.5 Å². The lowest BCUT2D eigenvalue weighted by Gasteiger charge is -2.22. The lowest BCUT2D eigenvalue weighted by Crippen LogP contribution is -2.29. The summed E-state index contributed by atoms with van der Waals surface area (Å²) in [5.41, 5.74) is 0.178. The third-order valence-corrected chi connectivity index (χ3v) is 6.54. The van der Waals surface area contributed by atoms with Crippen LogP contribution in [0.3, 0.4) is 0 Å². The highest BCUT2D eigenvalue weighted by Crippen LogP contribution is 2.44. The van der Waals surface area contributed by atoms with Crippen LogP contribution >= 0.6 is 11.3 Å². The Labute approximate surface area is 197 Å². The molecule has 8 nitrogen and oxygen atoms in total. The number of aromatic nitrogens is 2. The number of ether oxygens (including phenoxy) is 1. The van der Waals surface area contributed by atoms with Crippen molar-refractivity contribution < 1.29 is 23.4 Å². The number of rotatable bonds is 6. The maximum Gasteiger partial charge on any atom is 0.297 e. The van der Waals surface area contributed by atoms with E-state index in [0.717, 1.165) is 17.5 Å². The predicted octanol–water partition coefficient (Wildman–Crippen LogP) is 4.59. The van der Waals surface area contributed by atoms with Gasteiger partial charge in [-0.2, -0.15) is 0 Å². The molecule has 2 aromatic heterocycles. The number of phenols is 1. The number of carbonyl (C=O) groups excluding carboxylic acids is 1. The van der Waals surface area contributed by atoms with Crippen molar-refractivity contribution in [2.45, 2.75) is 32.7 Å². The molecule has 0 fully saturated rings. The molecule has 3 heterocycles. The molecule has 0 aliphatic carbocycles. The van der Waals surface area contributed by atoms with E-state index in [-0.39, 0.29) is 33.8 Å². The second-order valence-corrected chi connectivity index (χ2v) is 8.82. The Bertz CT molecular complexity index is 1480. The van der Waals surface area contributed by atoms with E-state index in [4.69, 9.17) is 9.15 Å². The van der Waals surface area contributed by atoms with Gasteiger partial charge in [0.1, 0.15) is 16.4 Å². The molecule has 174 valence electrons. The molecule has 1 aliphatic rings. The highest BCUT2D eigenvalue weighted by atomic mass is 32.1. The molecule has 4 aromatic rings.